The standard InChI is InChI=1S/C11H12N4O3S2/c12-10(19)7-18-9-4-2-1-3-8(9)15-20(16,17)11-5-6-13-14-11/h1-6,15H,7H2,(H2,12,19)(H,13,14). The number of para-hydroxylation sites is 2. The Bertz CT molecular complexity index is 698. The van der Waals surface area contributed by atoms with Crippen LogP contribution in [0.3, 0.4) is 0 Å². The molecule has 0 fully saturated rings. The zero-order valence-corrected chi connectivity index (χ0v) is 11.9. The van der Waals surface area contributed by atoms with Crippen LogP contribution in [0.2, 0.25) is 0 Å². The summed E-state index contributed by atoms with van der Waals surface area (Å²) in [5.74, 6) is 0.336. The maximum absolute atomic E-state index is 12.1. The van der Waals surface area contributed by atoms with Crippen LogP contribution in [0.4, 0.5) is 5.69 Å². The predicted molar refractivity (Wildman–Crippen MR) is 78.1 cm³/mol. The summed E-state index contributed by atoms with van der Waals surface area (Å²) in [6.45, 7) is 0.0259. The van der Waals surface area contributed by atoms with E-state index >= 15 is 0 Å². The Morgan fingerprint density at radius 2 is 2.15 bits per heavy atom. The molecule has 0 unspecified atom stereocenters. The molecule has 1 heterocycles. The number of aromatic amines is 1. The smallest absolute Gasteiger partial charge is 0.278 e. The van der Waals surface area contributed by atoms with Crippen molar-refractivity contribution < 1.29 is 13.2 Å². The minimum absolute atomic E-state index is 0.0259. The molecule has 0 amide bonds. The Morgan fingerprint density at radius 3 is 2.80 bits per heavy atom. The molecule has 20 heavy (non-hydrogen) atoms. The monoisotopic (exact) mass is 312 g/mol. The van der Waals surface area contributed by atoms with E-state index in [1.807, 2.05) is 0 Å². The molecule has 0 saturated carbocycles. The maximum atomic E-state index is 12.1. The zero-order chi connectivity index (χ0) is 14.6. The Balaban J connectivity index is 2.23. The van der Waals surface area contributed by atoms with E-state index in [1.54, 1.807) is 24.3 Å². The Labute approximate surface area is 121 Å². The topological polar surface area (TPSA) is 110 Å². The lowest BCUT2D eigenvalue weighted by Gasteiger charge is -2.12. The molecule has 2 aromatic rings. The van der Waals surface area contributed by atoms with Crippen molar-refractivity contribution in [1.29, 1.82) is 0 Å². The fourth-order valence-corrected chi connectivity index (χ4v) is 2.46. The number of aromatic nitrogens is 2. The summed E-state index contributed by atoms with van der Waals surface area (Å²) in [4.78, 5) is 0.177. The van der Waals surface area contributed by atoms with Gasteiger partial charge in [0, 0.05) is 0 Å². The van der Waals surface area contributed by atoms with Gasteiger partial charge in [0.05, 0.1) is 11.9 Å². The van der Waals surface area contributed by atoms with E-state index in [2.05, 4.69) is 14.9 Å². The number of nitrogens with one attached hydrogen (secondary N) is 2. The highest BCUT2D eigenvalue weighted by Crippen LogP contribution is 2.26. The summed E-state index contributed by atoms with van der Waals surface area (Å²) in [5, 5.41) is 5.95. The van der Waals surface area contributed by atoms with Gasteiger partial charge in [-0.3, -0.25) is 9.82 Å². The molecule has 9 heteroatoms. The van der Waals surface area contributed by atoms with Crippen molar-refractivity contribution in [2.24, 2.45) is 5.73 Å². The van der Waals surface area contributed by atoms with Crippen LogP contribution in [-0.2, 0) is 10.0 Å². The van der Waals surface area contributed by atoms with Crippen LogP contribution in [0.15, 0.2) is 41.6 Å². The van der Waals surface area contributed by atoms with Crippen molar-refractivity contribution >= 4 is 32.9 Å². The molecular formula is C11H12N4O3S2. The molecule has 0 spiro atoms. The van der Waals surface area contributed by atoms with E-state index in [9.17, 15) is 8.42 Å². The SMILES string of the molecule is NC(=S)COc1ccccc1NS(=O)(=O)c1ccn[nH]1. The number of nitrogens with two attached hydrogens (primary N) is 1. The fraction of sp³-hybridized carbons (Fsp3) is 0.0909. The lowest BCUT2D eigenvalue weighted by Crippen LogP contribution is -2.19. The quantitative estimate of drug-likeness (QED) is 0.683. The number of rotatable bonds is 6. The van der Waals surface area contributed by atoms with E-state index in [0.29, 0.717) is 11.4 Å². The third-order valence-corrected chi connectivity index (χ3v) is 3.68. The van der Waals surface area contributed by atoms with Gasteiger partial charge >= 0.3 is 0 Å². The number of H-pyrrole nitrogens is 1. The highest BCUT2D eigenvalue weighted by molar-refractivity contribution is 7.92. The number of ether oxygens (including phenoxy) is 1. The van der Waals surface area contributed by atoms with Crippen LogP contribution >= 0.6 is 12.2 Å². The van der Waals surface area contributed by atoms with E-state index in [4.69, 9.17) is 22.7 Å². The van der Waals surface area contributed by atoms with Crippen molar-refractivity contribution in [3.63, 3.8) is 0 Å². The summed E-state index contributed by atoms with van der Waals surface area (Å²) in [5.41, 5.74) is 5.64. The van der Waals surface area contributed by atoms with Gasteiger partial charge < -0.3 is 10.5 Å². The summed E-state index contributed by atoms with van der Waals surface area (Å²) in [6.07, 6.45) is 1.35. The largest absolute Gasteiger partial charge is 0.484 e. The molecule has 106 valence electrons. The first-order valence-corrected chi connectivity index (χ1v) is 7.40. The van der Waals surface area contributed by atoms with E-state index in [0.717, 1.165) is 0 Å². The molecule has 0 bridgehead atoms. The first-order chi connectivity index (χ1) is 9.49. The van der Waals surface area contributed by atoms with Gasteiger partial charge in [-0.2, -0.15) is 13.5 Å². The van der Waals surface area contributed by atoms with Gasteiger partial charge in [-0.1, -0.05) is 24.4 Å². The van der Waals surface area contributed by atoms with Crippen LogP contribution in [0.25, 0.3) is 0 Å². The van der Waals surface area contributed by atoms with Gasteiger partial charge in [-0.25, -0.2) is 0 Å². The van der Waals surface area contributed by atoms with Gasteiger partial charge in [-0.15, -0.1) is 0 Å². The minimum Gasteiger partial charge on any atom is -0.484 e. The summed E-state index contributed by atoms with van der Waals surface area (Å²) in [6, 6.07) is 7.92. The molecule has 0 saturated heterocycles. The second kappa shape index (κ2) is 5.88. The van der Waals surface area contributed by atoms with Crippen molar-refractivity contribution in [2.45, 2.75) is 5.03 Å². The zero-order valence-electron chi connectivity index (χ0n) is 10.2. The Morgan fingerprint density at radius 1 is 1.40 bits per heavy atom. The lowest BCUT2D eigenvalue weighted by atomic mass is 10.3. The molecule has 0 radical (unpaired) electrons. The number of sulfonamides is 1. The van der Waals surface area contributed by atoms with Crippen molar-refractivity contribution in [1.82, 2.24) is 10.2 Å². The molecule has 0 atom stereocenters. The number of hydrogen-bond acceptors (Lipinski definition) is 5. The predicted octanol–water partition coefficient (Wildman–Crippen LogP) is 0.875. The highest BCUT2D eigenvalue weighted by atomic mass is 32.2. The van der Waals surface area contributed by atoms with Crippen LogP contribution in [-0.4, -0.2) is 30.2 Å². The fourth-order valence-electron chi connectivity index (χ4n) is 1.42. The first-order valence-electron chi connectivity index (χ1n) is 5.51. The van der Waals surface area contributed by atoms with E-state index in [1.165, 1.54) is 12.3 Å². The molecule has 0 aliphatic carbocycles. The lowest BCUT2D eigenvalue weighted by molar-refractivity contribution is 0.379. The number of thiocarbonyl (C=S) groups is 1. The minimum atomic E-state index is -3.74. The van der Waals surface area contributed by atoms with Crippen molar-refractivity contribution in [2.75, 3.05) is 11.3 Å². The first kappa shape index (κ1) is 14.3. The summed E-state index contributed by atoms with van der Waals surface area (Å²) in [7, 11) is -3.74. The van der Waals surface area contributed by atoms with Gasteiger partial charge in [0.1, 0.15) is 17.3 Å². The number of anilines is 1. The van der Waals surface area contributed by atoms with Crippen LogP contribution in [0.5, 0.6) is 5.75 Å². The van der Waals surface area contributed by atoms with Crippen LogP contribution < -0.4 is 15.2 Å². The molecule has 0 aliphatic heterocycles. The number of hydrogen-bond donors (Lipinski definition) is 3. The van der Waals surface area contributed by atoms with Crippen LogP contribution in [0.1, 0.15) is 0 Å². The molecular weight excluding hydrogens is 300 g/mol. The molecule has 1 aromatic carbocycles. The molecule has 2 rings (SSSR count). The van der Waals surface area contributed by atoms with Gasteiger partial charge in [0.25, 0.3) is 10.0 Å². The van der Waals surface area contributed by atoms with Crippen LogP contribution in [0, 0.1) is 0 Å². The van der Waals surface area contributed by atoms with Crippen molar-refractivity contribution in [3.05, 3.63) is 36.5 Å². The second-order valence-corrected chi connectivity index (χ2v) is 5.95. The highest BCUT2D eigenvalue weighted by Gasteiger charge is 2.17. The summed E-state index contributed by atoms with van der Waals surface area (Å²) < 4.78 is 31.9. The van der Waals surface area contributed by atoms with Crippen molar-refractivity contribution in [3.8, 4) is 5.75 Å². The summed E-state index contributed by atoms with van der Waals surface area (Å²) >= 11 is 4.71. The molecule has 0 aliphatic rings. The third-order valence-electron chi connectivity index (χ3n) is 2.27. The molecule has 1 aromatic heterocycles. The number of nitrogens with zero attached hydrogens (tertiary/aromatic N) is 1. The van der Waals surface area contributed by atoms with E-state index in [-0.39, 0.29) is 16.6 Å². The Kier molecular flexibility index (Phi) is 4.20. The van der Waals surface area contributed by atoms with Gasteiger partial charge in [0.2, 0.25) is 0 Å². The molecule has 4 N–H and O–H groups in total. The normalized spacial score (nSPS) is 11.0. The van der Waals surface area contributed by atoms with Gasteiger partial charge in [-0.05, 0) is 18.2 Å². The average Bonchev–Trinajstić information content (AvgIpc) is 2.92. The third kappa shape index (κ3) is 3.45. The molecule has 7 nitrogen and oxygen atoms in total. The maximum Gasteiger partial charge on any atom is 0.278 e. The average molecular weight is 312 g/mol. The number of benzene rings is 1. The Hall–Kier alpha value is -2.13. The van der Waals surface area contributed by atoms with Gasteiger partial charge in [0.15, 0.2) is 5.03 Å². The second-order valence-electron chi connectivity index (χ2n) is 3.78. The van der Waals surface area contributed by atoms with E-state index < -0.39 is 10.0 Å².